The van der Waals surface area contributed by atoms with Crippen molar-refractivity contribution in [3.8, 4) is 0 Å². The Balaban J connectivity index is 3.97. The number of unbranched alkanes of at least 4 members (excludes halogenated alkanes) is 24. The first-order chi connectivity index (χ1) is 22.0. The number of aliphatic carboxylic acids is 1. The summed E-state index contributed by atoms with van der Waals surface area (Å²) in [6.45, 7) is 4.56. The first-order valence-corrected chi connectivity index (χ1v) is 20.3. The van der Waals surface area contributed by atoms with Gasteiger partial charge in [-0.1, -0.05) is 168 Å². The Morgan fingerprint density at radius 2 is 0.867 bits per heavy atom. The fraction of sp³-hybridized carbons (Fsp3) is 0.921. The molecule has 0 aromatic heterocycles. The van der Waals surface area contributed by atoms with Gasteiger partial charge in [-0.2, -0.15) is 11.8 Å². The molecular formula is C38H72O6S. The van der Waals surface area contributed by atoms with E-state index in [-0.39, 0.29) is 25.0 Å². The van der Waals surface area contributed by atoms with Gasteiger partial charge in [-0.05, 0) is 12.8 Å². The molecule has 0 spiro atoms. The molecule has 0 radical (unpaired) electrons. The smallest absolute Gasteiger partial charge is 0.306 e. The van der Waals surface area contributed by atoms with E-state index in [1.54, 1.807) is 0 Å². The van der Waals surface area contributed by atoms with Crippen LogP contribution in [0.25, 0.3) is 0 Å². The van der Waals surface area contributed by atoms with Gasteiger partial charge in [0.05, 0.1) is 6.42 Å². The summed E-state index contributed by atoms with van der Waals surface area (Å²) in [5.41, 5.74) is 0. The van der Waals surface area contributed by atoms with Crippen LogP contribution >= 0.6 is 11.8 Å². The average molecular weight is 657 g/mol. The highest BCUT2D eigenvalue weighted by atomic mass is 32.2. The topological polar surface area (TPSA) is 89.9 Å². The maximum Gasteiger partial charge on any atom is 0.306 e. The van der Waals surface area contributed by atoms with Crippen molar-refractivity contribution >= 4 is 29.7 Å². The number of rotatable bonds is 36. The van der Waals surface area contributed by atoms with Crippen molar-refractivity contribution < 1.29 is 29.0 Å². The Morgan fingerprint density at radius 3 is 1.24 bits per heavy atom. The van der Waals surface area contributed by atoms with E-state index in [2.05, 4.69) is 13.8 Å². The van der Waals surface area contributed by atoms with E-state index in [1.165, 1.54) is 140 Å². The molecular weight excluding hydrogens is 584 g/mol. The van der Waals surface area contributed by atoms with E-state index < -0.39 is 12.1 Å². The highest BCUT2D eigenvalue weighted by Crippen LogP contribution is 2.16. The van der Waals surface area contributed by atoms with Crippen molar-refractivity contribution in [2.45, 2.75) is 206 Å². The van der Waals surface area contributed by atoms with Gasteiger partial charge in [-0.25, -0.2) is 0 Å². The Labute approximate surface area is 282 Å². The highest BCUT2D eigenvalue weighted by molar-refractivity contribution is 7.99. The third-order valence-corrected chi connectivity index (χ3v) is 9.56. The Kier molecular flexibility index (Phi) is 34.6. The molecule has 0 fully saturated rings. The number of carboxylic acids is 1. The summed E-state index contributed by atoms with van der Waals surface area (Å²) in [4.78, 5) is 35.6. The number of thioether (sulfide) groups is 1. The Bertz CT molecular complexity index is 671. The lowest BCUT2D eigenvalue weighted by Gasteiger charge is -2.18. The lowest BCUT2D eigenvalue weighted by atomic mass is 10.0. The summed E-state index contributed by atoms with van der Waals surface area (Å²) in [7, 11) is 0. The van der Waals surface area contributed by atoms with Crippen molar-refractivity contribution in [2.24, 2.45) is 0 Å². The monoisotopic (exact) mass is 657 g/mol. The van der Waals surface area contributed by atoms with E-state index in [9.17, 15) is 14.4 Å². The largest absolute Gasteiger partial charge is 0.481 e. The number of esters is 2. The normalized spacial score (nSPS) is 11.9. The standard InChI is InChI=1S/C38H72O6S/c1-3-5-7-9-11-13-15-17-19-21-23-25-27-29-37(41)43-33-35(34-45-32-31-36(39)40)44-38(42)30-28-26-24-22-20-18-16-14-12-10-8-6-4-2/h35H,3-34H2,1-2H3,(H,39,40). The van der Waals surface area contributed by atoms with Gasteiger partial charge in [0.15, 0.2) is 0 Å². The number of ether oxygens (including phenoxy) is 2. The number of carboxylic acid groups (broad SMARTS) is 1. The van der Waals surface area contributed by atoms with E-state index in [0.29, 0.717) is 24.3 Å². The molecule has 7 heteroatoms. The van der Waals surface area contributed by atoms with Gasteiger partial charge in [0, 0.05) is 24.3 Å². The van der Waals surface area contributed by atoms with Crippen molar-refractivity contribution in [1.82, 2.24) is 0 Å². The third kappa shape index (κ3) is 35.5. The minimum absolute atomic E-state index is 0.0433. The van der Waals surface area contributed by atoms with Crippen LogP contribution in [0.5, 0.6) is 0 Å². The van der Waals surface area contributed by atoms with Crippen LogP contribution in [0.4, 0.5) is 0 Å². The molecule has 0 aromatic rings. The SMILES string of the molecule is CCCCCCCCCCCCCCCC(=O)OCC(CSCCC(=O)O)OC(=O)CCCCCCCCCCCCCCC. The van der Waals surface area contributed by atoms with Gasteiger partial charge in [-0.3, -0.25) is 14.4 Å². The van der Waals surface area contributed by atoms with Gasteiger partial charge < -0.3 is 14.6 Å². The Morgan fingerprint density at radius 1 is 0.511 bits per heavy atom. The summed E-state index contributed by atoms with van der Waals surface area (Å²) in [6, 6.07) is 0. The molecule has 0 aliphatic rings. The number of carbonyl (C=O) groups excluding carboxylic acids is 2. The van der Waals surface area contributed by atoms with Crippen LogP contribution in [0.2, 0.25) is 0 Å². The predicted molar refractivity (Wildman–Crippen MR) is 191 cm³/mol. The van der Waals surface area contributed by atoms with Gasteiger partial charge >= 0.3 is 17.9 Å². The summed E-state index contributed by atoms with van der Waals surface area (Å²) in [6.07, 6.45) is 33.0. The fourth-order valence-corrected chi connectivity index (χ4v) is 6.48. The van der Waals surface area contributed by atoms with Crippen LogP contribution in [0, 0.1) is 0 Å². The zero-order chi connectivity index (χ0) is 33.1. The van der Waals surface area contributed by atoms with E-state index in [4.69, 9.17) is 14.6 Å². The van der Waals surface area contributed by atoms with Crippen LogP contribution in [-0.2, 0) is 23.9 Å². The fourth-order valence-electron chi connectivity index (χ4n) is 5.57. The van der Waals surface area contributed by atoms with Crippen molar-refractivity contribution in [3.63, 3.8) is 0 Å². The lowest BCUT2D eigenvalue weighted by molar-refractivity contribution is -0.157. The first-order valence-electron chi connectivity index (χ1n) is 19.1. The second kappa shape index (κ2) is 35.6. The zero-order valence-corrected chi connectivity index (χ0v) is 30.4. The highest BCUT2D eigenvalue weighted by Gasteiger charge is 2.17. The number of hydrogen-bond donors (Lipinski definition) is 1. The number of hydrogen-bond acceptors (Lipinski definition) is 6. The molecule has 266 valence electrons. The van der Waals surface area contributed by atoms with Gasteiger partial charge in [0.2, 0.25) is 0 Å². The predicted octanol–water partition coefficient (Wildman–Crippen LogP) is 11.6. The summed E-state index contributed by atoms with van der Waals surface area (Å²) >= 11 is 1.42. The minimum atomic E-state index is -0.845. The molecule has 0 amide bonds. The first kappa shape index (κ1) is 43.8. The quantitative estimate of drug-likeness (QED) is 0.0530. The Hall–Kier alpha value is -1.24. The lowest BCUT2D eigenvalue weighted by Crippen LogP contribution is -2.27. The molecule has 1 N–H and O–H groups in total. The third-order valence-electron chi connectivity index (χ3n) is 8.46. The van der Waals surface area contributed by atoms with Crippen LogP contribution < -0.4 is 0 Å². The molecule has 45 heavy (non-hydrogen) atoms. The molecule has 0 heterocycles. The van der Waals surface area contributed by atoms with E-state index in [1.807, 2.05) is 0 Å². The molecule has 0 saturated carbocycles. The second-order valence-electron chi connectivity index (χ2n) is 13.0. The average Bonchev–Trinajstić information content (AvgIpc) is 3.02. The van der Waals surface area contributed by atoms with Crippen LogP contribution in [-0.4, -0.2) is 47.2 Å². The molecule has 6 nitrogen and oxygen atoms in total. The van der Waals surface area contributed by atoms with Gasteiger partial charge in [0.25, 0.3) is 0 Å². The molecule has 0 aromatic carbocycles. The van der Waals surface area contributed by atoms with Gasteiger partial charge in [-0.15, -0.1) is 0 Å². The minimum Gasteiger partial charge on any atom is -0.481 e. The van der Waals surface area contributed by atoms with Crippen LogP contribution in [0.3, 0.4) is 0 Å². The molecule has 0 aliphatic heterocycles. The summed E-state index contributed by atoms with van der Waals surface area (Å²) in [5, 5.41) is 8.90. The molecule has 1 unspecified atom stereocenters. The van der Waals surface area contributed by atoms with Crippen molar-refractivity contribution in [1.29, 1.82) is 0 Å². The van der Waals surface area contributed by atoms with E-state index >= 15 is 0 Å². The number of carbonyl (C=O) groups is 3. The maximum atomic E-state index is 12.5. The summed E-state index contributed by atoms with van der Waals surface area (Å²) in [5.74, 6) is -0.470. The van der Waals surface area contributed by atoms with Crippen molar-refractivity contribution in [2.75, 3.05) is 18.1 Å². The van der Waals surface area contributed by atoms with Crippen LogP contribution in [0.1, 0.15) is 200 Å². The zero-order valence-electron chi connectivity index (χ0n) is 29.6. The maximum absolute atomic E-state index is 12.5. The molecule has 1 atom stereocenters. The second-order valence-corrected chi connectivity index (χ2v) is 14.1. The molecule has 0 bridgehead atoms. The summed E-state index contributed by atoms with van der Waals surface area (Å²) < 4.78 is 11.1. The van der Waals surface area contributed by atoms with Crippen molar-refractivity contribution in [3.05, 3.63) is 0 Å². The van der Waals surface area contributed by atoms with Crippen LogP contribution in [0.15, 0.2) is 0 Å². The molecule has 0 aliphatic carbocycles. The van der Waals surface area contributed by atoms with Gasteiger partial charge in [0.1, 0.15) is 12.7 Å². The van der Waals surface area contributed by atoms with E-state index in [0.717, 1.165) is 38.5 Å². The molecule has 0 saturated heterocycles. The molecule has 0 rings (SSSR count).